The second-order valence-electron chi connectivity index (χ2n) is 8.90. The Balaban J connectivity index is 4.05. The van der Waals surface area contributed by atoms with Crippen molar-refractivity contribution in [1.82, 2.24) is 0 Å². The van der Waals surface area contributed by atoms with Crippen molar-refractivity contribution in [3.8, 4) is 0 Å². The highest BCUT2D eigenvalue weighted by atomic mass is 16.4. The topological polar surface area (TPSA) is 37.3 Å². The van der Waals surface area contributed by atoms with Crippen LogP contribution < -0.4 is 0 Å². The van der Waals surface area contributed by atoms with E-state index in [9.17, 15) is 9.90 Å². The molecule has 0 rings (SSSR count). The first-order chi connectivity index (χ1) is 13.5. The van der Waals surface area contributed by atoms with Crippen molar-refractivity contribution in [2.24, 2.45) is 5.41 Å². The summed E-state index contributed by atoms with van der Waals surface area (Å²) in [4.78, 5) is 11.4. The maximum absolute atomic E-state index is 11.4. The van der Waals surface area contributed by atoms with Crippen LogP contribution in [0.2, 0.25) is 0 Å². The zero-order chi connectivity index (χ0) is 21.1. The molecule has 0 bridgehead atoms. The first kappa shape index (κ1) is 27.2. The molecule has 166 valence electrons. The van der Waals surface area contributed by atoms with Crippen LogP contribution in [-0.4, -0.2) is 11.1 Å². The molecule has 0 aliphatic rings. The van der Waals surface area contributed by atoms with Gasteiger partial charge in [-0.15, -0.1) is 0 Å². The van der Waals surface area contributed by atoms with Gasteiger partial charge in [0.15, 0.2) is 0 Å². The molecular weight excluding hydrogens is 344 g/mol. The van der Waals surface area contributed by atoms with Crippen molar-refractivity contribution in [2.45, 2.75) is 143 Å². The number of allylic oxidation sites excluding steroid dienone is 1. The quantitative estimate of drug-likeness (QED) is 0.165. The van der Waals surface area contributed by atoms with E-state index >= 15 is 0 Å². The molecule has 0 aromatic rings. The molecule has 0 aromatic heterocycles. The van der Waals surface area contributed by atoms with E-state index in [0.717, 1.165) is 32.1 Å². The summed E-state index contributed by atoms with van der Waals surface area (Å²) >= 11 is 0. The first-order valence-electron chi connectivity index (χ1n) is 12.5. The van der Waals surface area contributed by atoms with E-state index in [2.05, 4.69) is 27.7 Å². The lowest BCUT2D eigenvalue weighted by atomic mass is 9.72. The Morgan fingerprint density at radius 1 is 0.679 bits per heavy atom. The van der Waals surface area contributed by atoms with Gasteiger partial charge in [0.2, 0.25) is 0 Å². The molecule has 0 unspecified atom stereocenters. The van der Waals surface area contributed by atoms with Crippen LogP contribution in [0, 0.1) is 5.41 Å². The maximum Gasteiger partial charge on any atom is 0.331 e. The van der Waals surface area contributed by atoms with Gasteiger partial charge in [0.1, 0.15) is 0 Å². The lowest BCUT2D eigenvalue weighted by Gasteiger charge is -2.34. The number of carboxylic acids is 1. The lowest BCUT2D eigenvalue weighted by Crippen LogP contribution is -2.20. The minimum atomic E-state index is -0.712. The van der Waals surface area contributed by atoms with Crippen LogP contribution in [-0.2, 0) is 4.79 Å². The second kappa shape index (κ2) is 18.3. The molecule has 0 aromatic carbocycles. The minimum absolute atomic E-state index is 0.606. The number of carboxylic acid groups (broad SMARTS) is 1. The normalized spacial score (nSPS) is 12.5. The highest BCUT2D eigenvalue weighted by Gasteiger charge is 2.26. The van der Waals surface area contributed by atoms with Crippen LogP contribution in [0.15, 0.2) is 11.6 Å². The molecule has 0 aliphatic carbocycles. The number of hydrogen-bond acceptors (Lipinski definition) is 1. The molecule has 1 N–H and O–H groups in total. The average Bonchev–Trinajstić information content (AvgIpc) is 2.66. The van der Waals surface area contributed by atoms with E-state index in [1.165, 1.54) is 83.5 Å². The number of rotatable bonds is 20. The Morgan fingerprint density at radius 2 is 1.21 bits per heavy atom. The fraction of sp³-hybridized carbons (Fsp3) is 0.885. The number of aliphatic carboxylic acids is 1. The molecule has 0 saturated heterocycles. The van der Waals surface area contributed by atoms with Crippen LogP contribution >= 0.6 is 0 Å². The highest BCUT2D eigenvalue weighted by Crippen LogP contribution is 2.40. The van der Waals surface area contributed by atoms with Crippen molar-refractivity contribution in [1.29, 1.82) is 0 Å². The van der Waals surface area contributed by atoms with Crippen molar-refractivity contribution in [3.05, 3.63) is 11.6 Å². The van der Waals surface area contributed by atoms with Gasteiger partial charge >= 0.3 is 5.97 Å². The molecule has 2 heteroatoms. The number of hydrogen-bond donors (Lipinski definition) is 1. The Morgan fingerprint density at radius 3 is 1.75 bits per heavy atom. The van der Waals surface area contributed by atoms with Gasteiger partial charge in [-0.1, -0.05) is 98.0 Å². The standard InChI is InChI=1S/C26H50O2/c1-5-9-10-15-18-24(25(27)28)19-16-13-11-12-14-17-23-26(20-6-2,21-7-3)22-8-4/h19H,5-18,20-23H2,1-4H3,(H,27,28). The van der Waals surface area contributed by atoms with Crippen molar-refractivity contribution in [2.75, 3.05) is 0 Å². The van der Waals surface area contributed by atoms with Gasteiger partial charge in [-0.05, 0) is 56.8 Å². The van der Waals surface area contributed by atoms with E-state index in [0.29, 0.717) is 11.0 Å². The van der Waals surface area contributed by atoms with Crippen LogP contribution in [0.3, 0.4) is 0 Å². The SMILES string of the molecule is CCCCCCC(=CCCCCCCCC(CCC)(CCC)CCC)C(=O)O. The van der Waals surface area contributed by atoms with Crippen LogP contribution in [0.5, 0.6) is 0 Å². The summed E-state index contributed by atoms with van der Waals surface area (Å²) in [6.07, 6.45) is 24.2. The summed E-state index contributed by atoms with van der Waals surface area (Å²) in [7, 11) is 0. The molecule has 0 atom stereocenters. The summed E-state index contributed by atoms with van der Waals surface area (Å²) in [6, 6.07) is 0. The van der Waals surface area contributed by atoms with Gasteiger partial charge < -0.3 is 5.11 Å². The van der Waals surface area contributed by atoms with E-state index in [1.807, 2.05) is 6.08 Å². The largest absolute Gasteiger partial charge is 0.478 e. The minimum Gasteiger partial charge on any atom is -0.478 e. The van der Waals surface area contributed by atoms with E-state index in [4.69, 9.17) is 0 Å². The van der Waals surface area contributed by atoms with Gasteiger partial charge in [-0.3, -0.25) is 0 Å². The third-order valence-corrected chi connectivity index (χ3v) is 6.22. The molecule has 0 aliphatic heterocycles. The molecule has 2 nitrogen and oxygen atoms in total. The average molecular weight is 395 g/mol. The highest BCUT2D eigenvalue weighted by molar-refractivity contribution is 5.86. The fourth-order valence-corrected chi connectivity index (χ4v) is 4.83. The summed E-state index contributed by atoms with van der Waals surface area (Å²) in [5.74, 6) is -0.712. The van der Waals surface area contributed by atoms with Crippen LogP contribution in [0.25, 0.3) is 0 Å². The third kappa shape index (κ3) is 13.4. The molecule has 0 amide bonds. The summed E-state index contributed by atoms with van der Waals surface area (Å²) in [5.41, 5.74) is 1.24. The van der Waals surface area contributed by atoms with Gasteiger partial charge in [-0.2, -0.15) is 0 Å². The smallest absolute Gasteiger partial charge is 0.331 e. The monoisotopic (exact) mass is 394 g/mol. The molecule has 0 spiro atoms. The van der Waals surface area contributed by atoms with Gasteiger partial charge in [0, 0.05) is 5.57 Å². The van der Waals surface area contributed by atoms with Crippen molar-refractivity contribution >= 4 is 5.97 Å². The predicted octanol–water partition coefficient (Wildman–Crippen LogP) is 9.09. The predicted molar refractivity (Wildman–Crippen MR) is 124 cm³/mol. The molecular formula is C26H50O2. The molecule has 0 heterocycles. The molecule has 0 radical (unpaired) electrons. The molecule has 28 heavy (non-hydrogen) atoms. The fourth-order valence-electron chi connectivity index (χ4n) is 4.83. The Labute approximate surface area is 176 Å². The Bertz CT molecular complexity index is 380. The third-order valence-electron chi connectivity index (χ3n) is 6.22. The van der Waals surface area contributed by atoms with Gasteiger partial charge in [0.05, 0.1) is 0 Å². The Kier molecular flexibility index (Phi) is 17.7. The lowest BCUT2D eigenvalue weighted by molar-refractivity contribution is -0.132. The number of carbonyl (C=O) groups is 1. The zero-order valence-electron chi connectivity index (χ0n) is 19.7. The zero-order valence-corrected chi connectivity index (χ0v) is 19.7. The maximum atomic E-state index is 11.4. The summed E-state index contributed by atoms with van der Waals surface area (Å²) in [6.45, 7) is 9.19. The number of unbranched alkanes of at least 4 members (excludes halogenated alkanes) is 8. The summed E-state index contributed by atoms with van der Waals surface area (Å²) < 4.78 is 0. The molecule has 0 fully saturated rings. The van der Waals surface area contributed by atoms with Crippen LogP contribution in [0.1, 0.15) is 143 Å². The summed E-state index contributed by atoms with van der Waals surface area (Å²) in [5, 5.41) is 9.34. The van der Waals surface area contributed by atoms with E-state index in [1.54, 1.807) is 0 Å². The van der Waals surface area contributed by atoms with E-state index < -0.39 is 5.97 Å². The van der Waals surface area contributed by atoms with Crippen LogP contribution in [0.4, 0.5) is 0 Å². The Hall–Kier alpha value is -0.790. The van der Waals surface area contributed by atoms with Gasteiger partial charge in [0.25, 0.3) is 0 Å². The van der Waals surface area contributed by atoms with Crippen molar-refractivity contribution < 1.29 is 9.90 Å². The molecule has 0 saturated carbocycles. The second-order valence-corrected chi connectivity index (χ2v) is 8.90. The first-order valence-corrected chi connectivity index (χ1v) is 12.5. The van der Waals surface area contributed by atoms with Crippen molar-refractivity contribution in [3.63, 3.8) is 0 Å². The van der Waals surface area contributed by atoms with E-state index in [-0.39, 0.29) is 0 Å². The van der Waals surface area contributed by atoms with Gasteiger partial charge in [-0.25, -0.2) is 4.79 Å².